The first kappa shape index (κ1) is 24.2. The number of ether oxygens (including phenoxy) is 1. The Balaban J connectivity index is 1.40. The molecule has 1 aliphatic rings. The predicted molar refractivity (Wildman–Crippen MR) is 148 cm³/mol. The number of hydrogen-bond acceptors (Lipinski definition) is 4. The summed E-state index contributed by atoms with van der Waals surface area (Å²) in [6.45, 7) is 5.22. The fourth-order valence-corrected chi connectivity index (χ4v) is 5.65. The van der Waals surface area contributed by atoms with Gasteiger partial charge in [-0.1, -0.05) is 55.0 Å². The van der Waals surface area contributed by atoms with Crippen LogP contribution in [0.5, 0.6) is 5.75 Å². The number of fused-ring (bicyclic) bond motifs is 1. The first-order valence-corrected chi connectivity index (χ1v) is 13.4. The van der Waals surface area contributed by atoms with Gasteiger partial charge in [-0.05, 0) is 54.8 Å². The van der Waals surface area contributed by atoms with E-state index >= 15 is 0 Å². The molecule has 1 atom stereocenters. The third-order valence-electron chi connectivity index (χ3n) is 6.62. The molecule has 0 bridgehead atoms. The van der Waals surface area contributed by atoms with E-state index in [4.69, 9.17) is 9.84 Å². The Morgan fingerprint density at radius 1 is 1.06 bits per heavy atom. The summed E-state index contributed by atoms with van der Waals surface area (Å²) in [5.41, 5.74) is 5.45. The van der Waals surface area contributed by atoms with E-state index in [0.29, 0.717) is 12.2 Å². The maximum absolute atomic E-state index is 13.6. The van der Waals surface area contributed by atoms with Gasteiger partial charge in [0.25, 0.3) is 5.91 Å². The van der Waals surface area contributed by atoms with Crippen molar-refractivity contribution in [3.05, 3.63) is 95.7 Å². The van der Waals surface area contributed by atoms with E-state index in [-0.39, 0.29) is 11.9 Å². The normalized spacial score (nSPS) is 15.4. The maximum atomic E-state index is 13.6. The van der Waals surface area contributed by atoms with Crippen LogP contribution >= 0.6 is 11.8 Å². The van der Waals surface area contributed by atoms with Crippen molar-refractivity contribution in [3.8, 4) is 5.75 Å². The highest BCUT2D eigenvalue weighted by Gasteiger charge is 2.33. The van der Waals surface area contributed by atoms with E-state index in [2.05, 4.69) is 73.1 Å². The number of methoxy groups -OCH3 is 1. The van der Waals surface area contributed by atoms with Crippen molar-refractivity contribution in [3.63, 3.8) is 0 Å². The van der Waals surface area contributed by atoms with Crippen LogP contribution in [-0.2, 0) is 11.3 Å². The fourth-order valence-electron chi connectivity index (χ4n) is 4.71. The largest absolute Gasteiger partial charge is 0.497 e. The lowest BCUT2D eigenvalue weighted by molar-refractivity contribution is -0.130. The van der Waals surface area contributed by atoms with Crippen molar-refractivity contribution in [2.75, 3.05) is 12.9 Å². The molecule has 3 aromatic carbocycles. The average Bonchev–Trinajstić information content (AvgIpc) is 3.51. The van der Waals surface area contributed by atoms with E-state index in [1.54, 1.807) is 23.9 Å². The Labute approximate surface area is 216 Å². The number of hydrazone groups is 1. The molecule has 1 aromatic heterocycles. The van der Waals surface area contributed by atoms with Gasteiger partial charge in [-0.3, -0.25) is 4.79 Å². The number of amides is 1. The van der Waals surface area contributed by atoms with E-state index in [0.717, 1.165) is 40.4 Å². The number of benzene rings is 3. The molecule has 5 nitrogen and oxygen atoms in total. The molecule has 0 aliphatic carbocycles. The highest BCUT2D eigenvalue weighted by atomic mass is 32.2. The van der Waals surface area contributed by atoms with Gasteiger partial charge in [-0.15, -0.1) is 11.8 Å². The van der Waals surface area contributed by atoms with Gasteiger partial charge in [0.2, 0.25) is 0 Å². The van der Waals surface area contributed by atoms with Crippen LogP contribution in [0.25, 0.3) is 10.9 Å². The van der Waals surface area contributed by atoms with E-state index in [1.807, 2.05) is 24.3 Å². The molecule has 1 amide bonds. The highest BCUT2D eigenvalue weighted by Crippen LogP contribution is 2.35. The summed E-state index contributed by atoms with van der Waals surface area (Å²) in [5, 5.41) is 7.74. The summed E-state index contributed by atoms with van der Waals surface area (Å²) in [6.07, 6.45) is 3.93. The topological polar surface area (TPSA) is 46.8 Å². The third kappa shape index (κ3) is 4.91. The number of aryl methyl sites for hydroxylation is 2. The lowest BCUT2D eigenvalue weighted by atomic mass is 9.97. The van der Waals surface area contributed by atoms with Gasteiger partial charge in [-0.25, -0.2) is 5.01 Å². The molecular formula is C30H31N3O2S. The van der Waals surface area contributed by atoms with Gasteiger partial charge in [0.05, 0.1) is 24.6 Å². The number of para-hydroxylation sites is 1. The number of thioether (sulfide) groups is 1. The van der Waals surface area contributed by atoms with Crippen molar-refractivity contribution >= 4 is 34.3 Å². The van der Waals surface area contributed by atoms with Gasteiger partial charge >= 0.3 is 0 Å². The minimum Gasteiger partial charge on any atom is -0.497 e. The average molecular weight is 498 g/mol. The lowest BCUT2D eigenvalue weighted by Gasteiger charge is -2.22. The zero-order valence-corrected chi connectivity index (χ0v) is 21.8. The van der Waals surface area contributed by atoms with Gasteiger partial charge in [0.1, 0.15) is 5.75 Å². The molecule has 184 valence electrons. The zero-order valence-electron chi connectivity index (χ0n) is 21.0. The summed E-state index contributed by atoms with van der Waals surface area (Å²) in [7, 11) is 1.66. The first-order chi connectivity index (χ1) is 17.6. The third-order valence-corrected chi connectivity index (χ3v) is 7.65. The molecule has 0 saturated heterocycles. The summed E-state index contributed by atoms with van der Waals surface area (Å²) in [4.78, 5) is 14.7. The molecule has 0 radical (unpaired) electrons. The van der Waals surface area contributed by atoms with Crippen LogP contribution in [0.2, 0.25) is 0 Å². The second kappa shape index (κ2) is 10.6. The van der Waals surface area contributed by atoms with E-state index in [1.165, 1.54) is 16.5 Å². The minimum atomic E-state index is -0.114. The summed E-state index contributed by atoms with van der Waals surface area (Å²) in [5.74, 6) is 1.16. The molecule has 0 spiro atoms. The van der Waals surface area contributed by atoms with Crippen molar-refractivity contribution < 1.29 is 9.53 Å². The number of rotatable bonds is 8. The molecule has 2 heterocycles. The molecule has 1 unspecified atom stereocenters. The molecule has 0 N–H and O–H groups in total. The quantitative estimate of drug-likeness (QED) is 0.250. The van der Waals surface area contributed by atoms with Gasteiger partial charge < -0.3 is 9.30 Å². The Kier molecular flexibility index (Phi) is 7.14. The number of carbonyl (C=O) groups excluding carboxylic acids is 1. The summed E-state index contributed by atoms with van der Waals surface area (Å²) in [6, 6.07) is 24.6. The lowest BCUT2D eigenvalue weighted by Crippen LogP contribution is -2.28. The molecular weight excluding hydrogens is 466 g/mol. The smallest absolute Gasteiger partial charge is 0.253 e. The monoisotopic (exact) mass is 497 g/mol. The second-order valence-electron chi connectivity index (χ2n) is 9.14. The SMILES string of the molecule is CCCn1cc(SCC(=O)N2N=C(c3ccc(OC)cc3)CC2c2ccc(C)cc2)c2ccccc21. The van der Waals surface area contributed by atoms with Crippen LogP contribution in [0.1, 0.15) is 42.5 Å². The second-order valence-corrected chi connectivity index (χ2v) is 10.2. The Morgan fingerprint density at radius 2 is 1.81 bits per heavy atom. The summed E-state index contributed by atoms with van der Waals surface area (Å²) >= 11 is 1.60. The minimum absolute atomic E-state index is 0.0152. The number of hydrogen-bond donors (Lipinski definition) is 0. The molecule has 36 heavy (non-hydrogen) atoms. The van der Waals surface area contributed by atoms with Crippen LogP contribution in [-0.4, -0.2) is 34.1 Å². The molecule has 5 rings (SSSR count). The first-order valence-electron chi connectivity index (χ1n) is 12.4. The Bertz CT molecular complexity index is 1390. The van der Waals surface area contributed by atoms with Gasteiger partial charge in [0, 0.05) is 35.0 Å². The van der Waals surface area contributed by atoms with Crippen molar-refractivity contribution in [2.24, 2.45) is 5.10 Å². The number of nitrogens with zero attached hydrogens (tertiary/aromatic N) is 3. The molecule has 4 aromatic rings. The highest BCUT2D eigenvalue weighted by molar-refractivity contribution is 8.00. The number of aromatic nitrogens is 1. The molecule has 6 heteroatoms. The summed E-state index contributed by atoms with van der Waals surface area (Å²) < 4.78 is 7.59. The Hall–Kier alpha value is -3.51. The standard InChI is InChI=1S/C30H31N3O2S/c1-4-17-32-19-29(25-7-5-6-8-27(25)32)36-20-30(34)33-28(23-11-9-21(2)10-12-23)18-26(31-33)22-13-15-24(35-3)16-14-22/h5-16,19,28H,4,17-18,20H2,1-3H3. The Morgan fingerprint density at radius 3 is 2.53 bits per heavy atom. The molecule has 1 aliphatic heterocycles. The van der Waals surface area contributed by atoms with Crippen LogP contribution in [0, 0.1) is 6.92 Å². The van der Waals surface area contributed by atoms with E-state index < -0.39 is 0 Å². The van der Waals surface area contributed by atoms with Crippen LogP contribution < -0.4 is 4.74 Å². The van der Waals surface area contributed by atoms with Crippen LogP contribution in [0.15, 0.2) is 89.0 Å². The van der Waals surface area contributed by atoms with Gasteiger partial charge in [-0.2, -0.15) is 5.10 Å². The van der Waals surface area contributed by atoms with Crippen LogP contribution in [0.3, 0.4) is 0 Å². The fraction of sp³-hybridized carbons (Fsp3) is 0.267. The molecule has 0 fully saturated rings. The van der Waals surface area contributed by atoms with Gasteiger partial charge in [0.15, 0.2) is 0 Å². The maximum Gasteiger partial charge on any atom is 0.253 e. The number of carbonyl (C=O) groups is 1. The van der Waals surface area contributed by atoms with Crippen LogP contribution in [0.4, 0.5) is 0 Å². The van der Waals surface area contributed by atoms with Crippen molar-refractivity contribution in [1.29, 1.82) is 0 Å². The zero-order chi connectivity index (χ0) is 25.1. The van der Waals surface area contributed by atoms with Crippen molar-refractivity contribution in [2.45, 2.75) is 44.2 Å². The predicted octanol–water partition coefficient (Wildman–Crippen LogP) is 6.84. The molecule has 0 saturated carbocycles. The van der Waals surface area contributed by atoms with Crippen molar-refractivity contribution in [1.82, 2.24) is 9.58 Å². The van der Waals surface area contributed by atoms with E-state index in [9.17, 15) is 4.79 Å².